The molecule has 2 aromatic carbocycles. The molecule has 4 rings (SSSR count). The monoisotopic (exact) mass is 476 g/mol. The highest BCUT2D eigenvalue weighted by Gasteiger charge is 2.15. The van der Waals surface area contributed by atoms with Crippen molar-refractivity contribution in [2.75, 3.05) is 17.7 Å². The van der Waals surface area contributed by atoms with Crippen LogP contribution < -0.4 is 16.0 Å². The lowest BCUT2D eigenvalue weighted by Crippen LogP contribution is -2.25. The Morgan fingerprint density at radius 3 is 2.66 bits per heavy atom. The molecule has 4 N–H and O–H groups in total. The lowest BCUT2D eigenvalue weighted by atomic mass is 10.1. The summed E-state index contributed by atoms with van der Waals surface area (Å²) in [6.45, 7) is 0.164. The number of nitrogens with zero attached hydrogens (tertiary/aromatic N) is 4. The number of phenols is 1. The summed E-state index contributed by atoms with van der Waals surface area (Å²) in [4.78, 5) is 26.1. The molecule has 10 heteroatoms. The Hall–Kier alpha value is -4.60. The van der Waals surface area contributed by atoms with Gasteiger partial charge in [-0.15, -0.1) is 0 Å². The molecule has 178 valence electrons. The van der Waals surface area contributed by atoms with Gasteiger partial charge in [-0.1, -0.05) is 6.07 Å². The van der Waals surface area contributed by atoms with Gasteiger partial charge in [0.05, 0.1) is 23.5 Å². The van der Waals surface area contributed by atoms with E-state index < -0.39 is 11.6 Å². The number of carbonyl (C=O) groups is 1. The predicted molar refractivity (Wildman–Crippen MR) is 128 cm³/mol. The number of hydrogen-bond donors (Lipinski definition) is 3. The van der Waals surface area contributed by atoms with E-state index in [1.165, 1.54) is 41.7 Å². The maximum absolute atomic E-state index is 14.2. The Morgan fingerprint density at radius 1 is 1.11 bits per heavy atom. The summed E-state index contributed by atoms with van der Waals surface area (Å²) in [5.74, 6) is -1.48. The van der Waals surface area contributed by atoms with Gasteiger partial charge in [0.25, 0.3) is 0 Å². The first kappa shape index (κ1) is 23.6. The number of carbonyl (C=O) groups excluding carboxylic acids is 1. The van der Waals surface area contributed by atoms with Crippen LogP contribution in [-0.2, 0) is 17.8 Å². The summed E-state index contributed by atoms with van der Waals surface area (Å²) in [6.07, 6.45) is 4.65. The van der Waals surface area contributed by atoms with Crippen molar-refractivity contribution in [3.05, 3.63) is 90.0 Å². The number of anilines is 3. The largest absolute Gasteiger partial charge is 0.507 e. The Kier molecular flexibility index (Phi) is 6.81. The van der Waals surface area contributed by atoms with Gasteiger partial charge < -0.3 is 21.1 Å². The first-order chi connectivity index (χ1) is 16.8. The fourth-order valence-electron chi connectivity index (χ4n) is 3.48. The van der Waals surface area contributed by atoms with Crippen molar-refractivity contribution in [1.29, 1.82) is 0 Å². The van der Waals surface area contributed by atoms with E-state index in [1.54, 1.807) is 31.3 Å². The van der Waals surface area contributed by atoms with Crippen LogP contribution >= 0.6 is 0 Å². The topological polar surface area (TPSA) is 117 Å². The molecule has 0 aliphatic heterocycles. The van der Waals surface area contributed by atoms with E-state index in [1.807, 2.05) is 0 Å². The van der Waals surface area contributed by atoms with Crippen LogP contribution in [0.5, 0.6) is 5.75 Å². The maximum atomic E-state index is 14.2. The number of phenolic OH excluding ortho intramolecular Hbond substituents is 1. The Labute approximate surface area is 200 Å². The second kappa shape index (κ2) is 10.1. The average molecular weight is 476 g/mol. The summed E-state index contributed by atoms with van der Waals surface area (Å²) < 4.78 is 27.5. The summed E-state index contributed by atoms with van der Waals surface area (Å²) in [5.41, 5.74) is 8.74. The molecule has 0 radical (unpaired) electrons. The van der Waals surface area contributed by atoms with Crippen LogP contribution in [0.25, 0.3) is 11.3 Å². The lowest BCUT2D eigenvalue weighted by Gasteiger charge is -2.21. The zero-order valence-electron chi connectivity index (χ0n) is 18.7. The van der Waals surface area contributed by atoms with E-state index in [0.29, 0.717) is 28.2 Å². The number of benzene rings is 2. The second-order valence-corrected chi connectivity index (χ2v) is 7.75. The van der Waals surface area contributed by atoms with Crippen LogP contribution in [0.2, 0.25) is 0 Å². The van der Waals surface area contributed by atoms with Crippen LogP contribution in [0, 0.1) is 11.6 Å². The minimum Gasteiger partial charge on any atom is -0.507 e. The smallest absolute Gasteiger partial charge is 0.226 e. The number of aromatic hydroxyl groups is 1. The Morgan fingerprint density at radius 2 is 1.94 bits per heavy atom. The molecule has 0 atom stereocenters. The van der Waals surface area contributed by atoms with Crippen LogP contribution in [0.3, 0.4) is 0 Å². The molecule has 1 amide bonds. The van der Waals surface area contributed by atoms with Gasteiger partial charge in [0.1, 0.15) is 23.2 Å². The molecule has 0 spiro atoms. The van der Waals surface area contributed by atoms with Crippen molar-refractivity contribution >= 4 is 23.1 Å². The quantitative estimate of drug-likeness (QED) is 0.372. The molecule has 0 unspecified atom stereocenters. The van der Waals surface area contributed by atoms with E-state index >= 15 is 0 Å². The number of halogens is 2. The number of nitrogens with one attached hydrogen (secondary N) is 1. The second-order valence-electron chi connectivity index (χ2n) is 7.75. The molecule has 0 aliphatic carbocycles. The predicted octanol–water partition coefficient (Wildman–Crippen LogP) is 3.73. The van der Waals surface area contributed by atoms with Crippen molar-refractivity contribution in [1.82, 2.24) is 20.3 Å². The van der Waals surface area contributed by atoms with Gasteiger partial charge in [0, 0.05) is 55.1 Å². The van der Waals surface area contributed by atoms with Gasteiger partial charge in [0.15, 0.2) is 0 Å². The van der Waals surface area contributed by atoms with Gasteiger partial charge in [-0.3, -0.25) is 14.8 Å². The number of nitrogen functional groups attached to an aromatic ring is 1. The lowest BCUT2D eigenvalue weighted by molar-refractivity contribution is -0.120. The van der Waals surface area contributed by atoms with Crippen molar-refractivity contribution in [2.24, 2.45) is 0 Å². The third kappa shape index (κ3) is 5.49. The van der Waals surface area contributed by atoms with Gasteiger partial charge >= 0.3 is 0 Å². The summed E-state index contributed by atoms with van der Waals surface area (Å²) >= 11 is 0. The van der Waals surface area contributed by atoms with Gasteiger partial charge in [-0.25, -0.2) is 13.8 Å². The first-order valence-electron chi connectivity index (χ1n) is 10.6. The van der Waals surface area contributed by atoms with E-state index in [-0.39, 0.29) is 36.1 Å². The fraction of sp³-hybridized carbons (Fsp3) is 0.120. The molecule has 0 aliphatic rings. The van der Waals surface area contributed by atoms with Gasteiger partial charge in [-0.05, 0) is 36.4 Å². The van der Waals surface area contributed by atoms with Crippen LogP contribution in [0.4, 0.5) is 26.0 Å². The average Bonchev–Trinajstić information content (AvgIpc) is 2.84. The molecule has 0 saturated heterocycles. The molecular formula is C25H22F2N6O2. The molecule has 8 nitrogen and oxygen atoms in total. The maximum Gasteiger partial charge on any atom is 0.226 e. The summed E-state index contributed by atoms with van der Waals surface area (Å²) in [7, 11) is 1.63. The number of hydrogen-bond acceptors (Lipinski definition) is 7. The number of rotatable bonds is 7. The fourth-order valence-corrected chi connectivity index (χ4v) is 3.48. The molecular weight excluding hydrogens is 454 g/mol. The number of amides is 1. The SMILES string of the molecule is CN(c1ccc(O)c(-c2ccc(CNC(=O)Cc3cnccn3)c(N)n2)c1)c1ccc(F)cc1F. The first-order valence-corrected chi connectivity index (χ1v) is 10.6. The molecule has 0 saturated carbocycles. The zero-order chi connectivity index (χ0) is 24.9. The van der Waals surface area contributed by atoms with Crippen molar-refractivity contribution in [3.63, 3.8) is 0 Å². The number of nitrogens with two attached hydrogens (primary N) is 1. The van der Waals surface area contributed by atoms with E-state index in [4.69, 9.17) is 5.73 Å². The highest BCUT2D eigenvalue weighted by molar-refractivity contribution is 5.78. The van der Waals surface area contributed by atoms with E-state index in [9.17, 15) is 18.7 Å². The van der Waals surface area contributed by atoms with Crippen molar-refractivity contribution in [3.8, 4) is 17.0 Å². The third-order valence-electron chi connectivity index (χ3n) is 5.36. The number of pyridine rings is 1. The van der Waals surface area contributed by atoms with E-state index in [0.717, 1.165) is 6.07 Å². The summed E-state index contributed by atoms with van der Waals surface area (Å²) in [6, 6.07) is 11.4. The van der Waals surface area contributed by atoms with Crippen LogP contribution in [0.15, 0.2) is 67.1 Å². The van der Waals surface area contributed by atoms with Gasteiger partial charge in [0.2, 0.25) is 5.91 Å². The van der Waals surface area contributed by atoms with Crippen molar-refractivity contribution in [2.45, 2.75) is 13.0 Å². The van der Waals surface area contributed by atoms with Crippen LogP contribution in [0.1, 0.15) is 11.3 Å². The highest BCUT2D eigenvalue weighted by Crippen LogP contribution is 2.35. The number of aromatic nitrogens is 3. The molecule has 35 heavy (non-hydrogen) atoms. The van der Waals surface area contributed by atoms with Crippen LogP contribution in [-0.4, -0.2) is 33.0 Å². The molecule has 4 aromatic rings. The Bertz CT molecular complexity index is 1370. The van der Waals surface area contributed by atoms with Crippen molar-refractivity contribution < 1.29 is 18.7 Å². The highest BCUT2D eigenvalue weighted by atomic mass is 19.1. The minimum absolute atomic E-state index is 0.0429. The molecule has 0 fully saturated rings. The standard InChI is InChI=1S/C25H22F2N6O2/c1-33(22-6-3-16(26)10-20(22)27)18-4-7-23(34)19(12-18)21-5-2-15(25(28)32-21)13-31-24(35)11-17-14-29-8-9-30-17/h2-10,12,14,34H,11,13H2,1H3,(H2,28,32)(H,31,35). The normalized spacial score (nSPS) is 10.7. The molecule has 2 heterocycles. The molecule has 2 aromatic heterocycles. The Balaban J connectivity index is 1.51. The zero-order valence-corrected chi connectivity index (χ0v) is 18.7. The third-order valence-corrected chi connectivity index (χ3v) is 5.36. The minimum atomic E-state index is -0.713. The van der Waals surface area contributed by atoms with E-state index in [2.05, 4.69) is 20.3 Å². The van der Waals surface area contributed by atoms with Gasteiger partial charge in [-0.2, -0.15) is 0 Å². The molecule has 0 bridgehead atoms. The summed E-state index contributed by atoms with van der Waals surface area (Å²) in [5, 5.41) is 13.2.